The van der Waals surface area contributed by atoms with Crippen LogP contribution in [0.25, 0.3) is 0 Å². The monoisotopic (exact) mass is 311 g/mol. The van der Waals surface area contributed by atoms with E-state index in [1.54, 1.807) is 6.08 Å². The lowest BCUT2D eigenvalue weighted by molar-refractivity contribution is -0.134. The van der Waals surface area contributed by atoms with Crippen LogP contribution in [-0.4, -0.2) is 29.3 Å². The maximum absolute atomic E-state index is 13.0. The molecule has 2 heterocycles. The lowest BCUT2D eigenvalue weighted by atomic mass is 9.92. The third-order valence-electron chi connectivity index (χ3n) is 4.65. The molecule has 0 saturated heterocycles. The summed E-state index contributed by atoms with van der Waals surface area (Å²) >= 11 is 0. The summed E-state index contributed by atoms with van der Waals surface area (Å²) in [4.78, 5) is 26.5. The highest BCUT2D eigenvalue weighted by atomic mass is 16.5. The molecule has 0 spiro atoms. The second-order valence-corrected chi connectivity index (χ2v) is 6.14. The van der Waals surface area contributed by atoms with Gasteiger partial charge in [-0.25, -0.2) is 4.79 Å². The molecule has 0 N–H and O–H groups in total. The molecule has 0 amide bonds. The van der Waals surface area contributed by atoms with Gasteiger partial charge in [-0.1, -0.05) is 18.2 Å². The van der Waals surface area contributed by atoms with E-state index in [0.29, 0.717) is 5.57 Å². The molecule has 1 atom stereocenters. The summed E-state index contributed by atoms with van der Waals surface area (Å²) in [7, 11) is 1.33. The SMILES string of the molecule is COC(=O)/C=C/C1=C(C2=CCCCC2)N2C=CC=CC2(C)C1=O. The first-order valence-corrected chi connectivity index (χ1v) is 7.98. The summed E-state index contributed by atoms with van der Waals surface area (Å²) in [5, 5.41) is 0. The van der Waals surface area contributed by atoms with Crippen molar-refractivity contribution in [2.45, 2.75) is 38.1 Å². The van der Waals surface area contributed by atoms with E-state index < -0.39 is 11.5 Å². The second-order valence-electron chi connectivity index (χ2n) is 6.14. The summed E-state index contributed by atoms with van der Waals surface area (Å²) in [5.74, 6) is -0.442. The van der Waals surface area contributed by atoms with Crippen molar-refractivity contribution in [2.24, 2.45) is 0 Å². The molecule has 1 unspecified atom stereocenters. The van der Waals surface area contributed by atoms with Gasteiger partial charge in [0.15, 0.2) is 5.78 Å². The number of carbonyl (C=O) groups is 2. The minimum atomic E-state index is -0.710. The fourth-order valence-electron chi connectivity index (χ4n) is 3.37. The van der Waals surface area contributed by atoms with Crippen LogP contribution in [0, 0.1) is 0 Å². The molecule has 3 rings (SSSR count). The van der Waals surface area contributed by atoms with Gasteiger partial charge in [0.25, 0.3) is 0 Å². The number of carbonyl (C=O) groups excluding carboxylic acids is 2. The van der Waals surface area contributed by atoms with E-state index in [2.05, 4.69) is 10.8 Å². The molecule has 2 aliphatic heterocycles. The van der Waals surface area contributed by atoms with Crippen LogP contribution in [0.1, 0.15) is 32.6 Å². The van der Waals surface area contributed by atoms with Crippen LogP contribution in [0.3, 0.4) is 0 Å². The van der Waals surface area contributed by atoms with E-state index in [0.717, 1.165) is 25.0 Å². The lowest BCUT2D eigenvalue weighted by Crippen LogP contribution is -2.43. The minimum Gasteiger partial charge on any atom is -0.466 e. The van der Waals surface area contributed by atoms with Crippen molar-refractivity contribution < 1.29 is 14.3 Å². The number of ether oxygens (including phenoxy) is 1. The number of hydrogen-bond acceptors (Lipinski definition) is 4. The molecular formula is C19H21NO3. The van der Waals surface area contributed by atoms with Crippen LogP contribution in [0.15, 0.2) is 59.5 Å². The van der Waals surface area contributed by atoms with Gasteiger partial charge in [0.05, 0.1) is 12.8 Å². The molecule has 0 bridgehead atoms. The van der Waals surface area contributed by atoms with Crippen molar-refractivity contribution in [3.8, 4) is 0 Å². The fourth-order valence-corrected chi connectivity index (χ4v) is 3.37. The van der Waals surface area contributed by atoms with Crippen LogP contribution in [0.5, 0.6) is 0 Å². The molecule has 0 saturated carbocycles. The van der Waals surface area contributed by atoms with E-state index >= 15 is 0 Å². The molecule has 0 aromatic heterocycles. The average molecular weight is 311 g/mol. The molecule has 3 aliphatic rings. The van der Waals surface area contributed by atoms with Crippen molar-refractivity contribution in [2.75, 3.05) is 7.11 Å². The quantitative estimate of drug-likeness (QED) is 0.593. The first kappa shape index (κ1) is 15.5. The highest BCUT2D eigenvalue weighted by Crippen LogP contribution is 2.43. The third-order valence-corrected chi connectivity index (χ3v) is 4.65. The molecule has 0 radical (unpaired) electrons. The topological polar surface area (TPSA) is 46.6 Å². The van der Waals surface area contributed by atoms with Crippen LogP contribution >= 0.6 is 0 Å². The molecule has 1 aliphatic carbocycles. The van der Waals surface area contributed by atoms with Gasteiger partial charge in [-0.05, 0) is 50.3 Å². The van der Waals surface area contributed by atoms with E-state index in [-0.39, 0.29) is 5.78 Å². The number of fused-ring (bicyclic) bond motifs is 1. The minimum absolute atomic E-state index is 0.0136. The first-order chi connectivity index (χ1) is 11.1. The van der Waals surface area contributed by atoms with Crippen LogP contribution in [0.2, 0.25) is 0 Å². The number of ketones is 1. The van der Waals surface area contributed by atoms with Crippen LogP contribution < -0.4 is 0 Å². The number of Topliss-reactive ketones (excluding diaryl/α,β-unsaturated/α-hetero) is 1. The number of nitrogens with zero attached hydrogens (tertiary/aromatic N) is 1. The van der Waals surface area contributed by atoms with Crippen LogP contribution in [0.4, 0.5) is 0 Å². The standard InChI is InChI=1S/C19H21NO3/c1-19-12-6-7-13-20(19)17(14-8-4-3-5-9-14)15(18(19)22)10-11-16(21)23-2/h6-8,10-13H,3-5,9H2,1-2H3/b11-10+. The van der Waals surface area contributed by atoms with Crippen molar-refractivity contribution >= 4 is 11.8 Å². The molecular weight excluding hydrogens is 290 g/mol. The van der Waals surface area contributed by atoms with Gasteiger partial charge < -0.3 is 9.64 Å². The van der Waals surface area contributed by atoms with Gasteiger partial charge in [-0.3, -0.25) is 4.79 Å². The van der Waals surface area contributed by atoms with E-state index in [1.165, 1.54) is 25.2 Å². The Balaban J connectivity index is 2.10. The smallest absolute Gasteiger partial charge is 0.330 e. The summed E-state index contributed by atoms with van der Waals surface area (Å²) in [6.45, 7) is 1.91. The first-order valence-electron chi connectivity index (χ1n) is 7.98. The highest BCUT2D eigenvalue weighted by Gasteiger charge is 2.47. The van der Waals surface area contributed by atoms with Gasteiger partial charge in [0, 0.05) is 17.8 Å². The lowest BCUT2D eigenvalue weighted by Gasteiger charge is -2.35. The normalized spacial score (nSPS) is 26.8. The zero-order valence-corrected chi connectivity index (χ0v) is 13.5. The largest absolute Gasteiger partial charge is 0.466 e. The van der Waals surface area contributed by atoms with Gasteiger partial charge in [-0.15, -0.1) is 0 Å². The Morgan fingerprint density at radius 3 is 2.87 bits per heavy atom. The Bertz CT molecular complexity index is 693. The maximum atomic E-state index is 13.0. The molecule has 0 aromatic rings. The van der Waals surface area contributed by atoms with Gasteiger partial charge in [-0.2, -0.15) is 0 Å². The molecule has 120 valence electrons. The van der Waals surface area contributed by atoms with E-state index in [1.807, 2.05) is 36.3 Å². The predicted molar refractivity (Wildman–Crippen MR) is 88.3 cm³/mol. The summed E-state index contributed by atoms with van der Waals surface area (Å²) < 4.78 is 4.65. The van der Waals surface area contributed by atoms with Crippen molar-refractivity contribution in [3.63, 3.8) is 0 Å². The van der Waals surface area contributed by atoms with Gasteiger partial charge >= 0.3 is 5.97 Å². The zero-order chi connectivity index (χ0) is 16.4. The Morgan fingerprint density at radius 1 is 1.35 bits per heavy atom. The molecule has 0 fully saturated rings. The van der Waals surface area contributed by atoms with Gasteiger partial charge in [0.1, 0.15) is 5.54 Å². The number of esters is 1. The van der Waals surface area contributed by atoms with Crippen molar-refractivity contribution in [3.05, 3.63) is 59.5 Å². The Kier molecular flexibility index (Phi) is 4.07. The molecule has 4 nitrogen and oxygen atoms in total. The Morgan fingerprint density at radius 2 is 2.17 bits per heavy atom. The summed E-state index contributed by atoms with van der Waals surface area (Å²) in [6.07, 6.45) is 17.1. The van der Waals surface area contributed by atoms with Crippen molar-refractivity contribution in [1.29, 1.82) is 0 Å². The average Bonchev–Trinajstić information content (AvgIpc) is 2.81. The van der Waals surface area contributed by atoms with E-state index in [9.17, 15) is 9.59 Å². The maximum Gasteiger partial charge on any atom is 0.330 e. The van der Waals surface area contributed by atoms with Crippen LogP contribution in [-0.2, 0) is 14.3 Å². The summed E-state index contributed by atoms with van der Waals surface area (Å²) in [5.41, 5.74) is 2.00. The molecule has 0 aromatic carbocycles. The van der Waals surface area contributed by atoms with Gasteiger partial charge in [0.2, 0.25) is 0 Å². The number of hydrogen-bond donors (Lipinski definition) is 0. The van der Waals surface area contributed by atoms with E-state index in [4.69, 9.17) is 0 Å². The van der Waals surface area contributed by atoms with Crippen molar-refractivity contribution in [1.82, 2.24) is 4.90 Å². The second kappa shape index (κ2) is 6.03. The number of methoxy groups -OCH3 is 1. The third kappa shape index (κ3) is 2.58. The Labute approximate surface area is 136 Å². The predicted octanol–water partition coefficient (Wildman–Crippen LogP) is 3.20. The Hall–Kier alpha value is -2.36. The summed E-state index contributed by atoms with van der Waals surface area (Å²) in [6, 6.07) is 0. The number of allylic oxidation sites excluding steroid dienone is 5. The highest BCUT2D eigenvalue weighted by molar-refractivity contribution is 6.10. The molecule has 4 heteroatoms. The fraction of sp³-hybridized carbons (Fsp3) is 0.368. The zero-order valence-electron chi connectivity index (χ0n) is 13.5. The molecule has 23 heavy (non-hydrogen) atoms. The number of rotatable bonds is 3.